The van der Waals surface area contributed by atoms with Gasteiger partial charge in [0.15, 0.2) is 0 Å². The zero-order valence-electron chi connectivity index (χ0n) is 12.6. The van der Waals surface area contributed by atoms with Crippen LogP contribution < -0.4 is 0 Å². The number of ether oxygens (including phenoxy) is 3. The number of aliphatic hydroxyl groups excluding tert-OH is 2. The summed E-state index contributed by atoms with van der Waals surface area (Å²) < 4.78 is 16.6. The first-order valence-corrected chi connectivity index (χ1v) is 7.02. The summed E-state index contributed by atoms with van der Waals surface area (Å²) in [5.41, 5.74) is 0. The lowest BCUT2D eigenvalue weighted by Crippen LogP contribution is -2.57. The molecule has 0 aromatic heterocycles. The second kappa shape index (κ2) is 7.55. The third kappa shape index (κ3) is 4.68. The Morgan fingerprint density at radius 1 is 1.00 bits per heavy atom. The zero-order chi connectivity index (χ0) is 14.6. The van der Waals surface area contributed by atoms with Crippen LogP contribution in [0.1, 0.15) is 34.1 Å². The summed E-state index contributed by atoms with van der Waals surface area (Å²) in [6.07, 6.45) is -2.02. The van der Waals surface area contributed by atoms with Gasteiger partial charge in [0.25, 0.3) is 0 Å². The third-order valence-corrected chi connectivity index (χ3v) is 3.32. The van der Waals surface area contributed by atoms with Gasteiger partial charge in [-0.05, 0) is 34.1 Å². The molecule has 1 rings (SSSR count). The van der Waals surface area contributed by atoms with Gasteiger partial charge in [0.1, 0.15) is 12.2 Å². The highest BCUT2D eigenvalue weighted by atomic mass is 16.5. The summed E-state index contributed by atoms with van der Waals surface area (Å²) in [6, 6.07) is 0. The summed E-state index contributed by atoms with van der Waals surface area (Å²) >= 11 is 0. The predicted molar refractivity (Wildman–Crippen MR) is 72.0 cm³/mol. The molecule has 0 heterocycles. The van der Waals surface area contributed by atoms with E-state index in [4.69, 9.17) is 14.2 Å². The number of hydrogen-bond acceptors (Lipinski definition) is 5. The lowest BCUT2D eigenvalue weighted by molar-refractivity contribution is -0.208. The van der Waals surface area contributed by atoms with Gasteiger partial charge in [-0.1, -0.05) is 0 Å². The van der Waals surface area contributed by atoms with Crippen molar-refractivity contribution in [2.24, 2.45) is 5.92 Å². The fraction of sp³-hybridized carbons (Fsp3) is 1.00. The Hall–Kier alpha value is -0.200. The molecule has 0 aromatic carbocycles. The van der Waals surface area contributed by atoms with Crippen LogP contribution in [-0.4, -0.2) is 60.6 Å². The van der Waals surface area contributed by atoms with Crippen LogP contribution in [-0.2, 0) is 14.2 Å². The fourth-order valence-corrected chi connectivity index (χ4v) is 2.63. The van der Waals surface area contributed by atoms with Crippen LogP contribution in [0, 0.1) is 5.92 Å². The highest BCUT2D eigenvalue weighted by molar-refractivity contribution is 4.94. The van der Waals surface area contributed by atoms with Crippen LogP contribution in [0.2, 0.25) is 0 Å². The first kappa shape index (κ1) is 16.9. The highest BCUT2D eigenvalue weighted by Crippen LogP contribution is 2.31. The normalized spacial score (nSPS) is 36.2. The van der Waals surface area contributed by atoms with Gasteiger partial charge in [0.2, 0.25) is 0 Å². The molecule has 5 heteroatoms. The van der Waals surface area contributed by atoms with E-state index in [1.54, 1.807) is 7.11 Å². The van der Waals surface area contributed by atoms with Gasteiger partial charge in [0.05, 0.1) is 31.0 Å². The van der Waals surface area contributed by atoms with E-state index in [0.29, 0.717) is 13.0 Å². The molecule has 1 aliphatic rings. The molecule has 1 fully saturated rings. The van der Waals surface area contributed by atoms with Gasteiger partial charge in [-0.2, -0.15) is 0 Å². The molecule has 0 radical (unpaired) electrons. The maximum Gasteiger partial charge on any atom is 0.109 e. The molecule has 0 unspecified atom stereocenters. The van der Waals surface area contributed by atoms with E-state index < -0.39 is 18.3 Å². The molecule has 0 saturated heterocycles. The molecule has 0 aromatic rings. The summed E-state index contributed by atoms with van der Waals surface area (Å²) in [7, 11) is 1.63. The minimum Gasteiger partial charge on any atom is -0.388 e. The van der Waals surface area contributed by atoms with Gasteiger partial charge < -0.3 is 24.4 Å². The largest absolute Gasteiger partial charge is 0.388 e. The molecule has 0 spiro atoms. The van der Waals surface area contributed by atoms with Crippen molar-refractivity contribution in [1.29, 1.82) is 0 Å². The van der Waals surface area contributed by atoms with Gasteiger partial charge in [-0.3, -0.25) is 0 Å². The Morgan fingerprint density at radius 2 is 1.58 bits per heavy atom. The van der Waals surface area contributed by atoms with Crippen LogP contribution >= 0.6 is 0 Å². The smallest absolute Gasteiger partial charge is 0.109 e. The fourth-order valence-electron chi connectivity index (χ4n) is 2.63. The maximum atomic E-state index is 10.3. The lowest BCUT2D eigenvalue weighted by atomic mass is 9.80. The summed E-state index contributed by atoms with van der Waals surface area (Å²) in [5, 5.41) is 20.4. The zero-order valence-corrected chi connectivity index (χ0v) is 12.6. The van der Waals surface area contributed by atoms with Gasteiger partial charge in [-0.15, -0.1) is 0 Å². The molecule has 5 nitrogen and oxygen atoms in total. The van der Waals surface area contributed by atoms with E-state index >= 15 is 0 Å². The molecule has 2 N–H and O–H groups in total. The number of hydrogen-bond donors (Lipinski definition) is 2. The van der Waals surface area contributed by atoms with E-state index in [1.807, 2.05) is 27.7 Å². The first-order valence-electron chi connectivity index (χ1n) is 7.02. The highest BCUT2D eigenvalue weighted by Gasteiger charge is 2.45. The molecule has 5 atom stereocenters. The predicted octanol–water partition coefficient (Wildman–Crippen LogP) is 0.962. The number of rotatable bonds is 6. The van der Waals surface area contributed by atoms with Crippen molar-refractivity contribution in [2.45, 2.75) is 70.7 Å². The third-order valence-electron chi connectivity index (χ3n) is 3.32. The van der Waals surface area contributed by atoms with Crippen molar-refractivity contribution in [1.82, 2.24) is 0 Å². The van der Waals surface area contributed by atoms with E-state index in [9.17, 15) is 10.2 Å². The average Bonchev–Trinajstić information content (AvgIpc) is 2.30. The van der Waals surface area contributed by atoms with Crippen molar-refractivity contribution in [3.8, 4) is 0 Å². The van der Waals surface area contributed by atoms with Gasteiger partial charge in [-0.25, -0.2) is 0 Å². The van der Waals surface area contributed by atoms with Crippen molar-refractivity contribution in [2.75, 3.05) is 13.7 Å². The van der Waals surface area contributed by atoms with Crippen molar-refractivity contribution in [3.63, 3.8) is 0 Å². The van der Waals surface area contributed by atoms with Crippen LogP contribution in [0.3, 0.4) is 0 Å². The molecular formula is C14H28O5. The molecule has 0 bridgehead atoms. The van der Waals surface area contributed by atoms with Crippen molar-refractivity contribution >= 4 is 0 Å². The van der Waals surface area contributed by atoms with E-state index in [0.717, 1.165) is 0 Å². The molecule has 1 aliphatic carbocycles. The van der Waals surface area contributed by atoms with E-state index in [-0.39, 0.29) is 24.2 Å². The quantitative estimate of drug-likeness (QED) is 0.756. The second-order valence-corrected chi connectivity index (χ2v) is 5.81. The Kier molecular flexibility index (Phi) is 6.69. The Bertz CT molecular complexity index is 256. The van der Waals surface area contributed by atoms with Crippen molar-refractivity contribution < 1.29 is 24.4 Å². The van der Waals surface area contributed by atoms with Gasteiger partial charge in [0, 0.05) is 13.0 Å². The molecule has 0 amide bonds. The van der Waals surface area contributed by atoms with E-state index in [1.165, 1.54) is 0 Å². The van der Waals surface area contributed by atoms with E-state index in [2.05, 4.69) is 0 Å². The first-order chi connectivity index (χ1) is 8.86. The topological polar surface area (TPSA) is 68.2 Å². The Morgan fingerprint density at radius 3 is 2.05 bits per heavy atom. The summed E-state index contributed by atoms with van der Waals surface area (Å²) in [4.78, 5) is 0. The molecular weight excluding hydrogens is 248 g/mol. The van der Waals surface area contributed by atoms with Crippen molar-refractivity contribution in [3.05, 3.63) is 0 Å². The number of aliphatic hydroxyl groups is 2. The minimum atomic E-state index is -0.944. The SMILES string of the molecule is COC[C@H]1C[C@@H](OC(C)C)[C@@H](O)[C@@H](O)[C@@H]1OC(C)C. The lowest BCUT2D eigenvalue weighted by Gasteiger charge is -2.43. The molecule has 114 valence electrons. The summed E-state index contributed by atoms with van der Waals surface area (Å²) in [6.45, 7) is 8.15. The Labute approximate surface area is 115 Å². The number of methoxy groups -OCH3 is 1. The second-order valence-electron chi connectivity index (χ2n) is 5.81. The monoisotopic (exact) mass is 276 g/mol. The summed E-state index contributed by atoms with van der Waals surface area (Å²) in [5.74, 6) is 0.0227. The Balaban J connectivity index is 2.77. The maximum absolute atomic E-state index is 10.3. The molecule has 19 heavy (non-hydrogen) atoms. The minimum absolute atomic E-state index is 0.00577. The standard InChI is InChI=1S/C14H28O5/c1-8(2)18-11-6-10(7-17-5)14(19-9(3)4)13(16)12(11)15/h8-16H,6-7H2,1-5H3/t10-,11-,12-,13-,14-/m1/s1. The van der Waals surface area contributed by atoms with Crippen LogP contribution in [0.4, 0.5) is 0 Å². The van der Waals surface area contributed by atoms with Gasteiger partial charge >= 0.3 is 0 Å². The van der Waals surface area contributed by atoms with Crippen LogP contribution in [0.25, 0.3) is 0 Å². The molecule has 0 aliphatic heterocycles. The van der Waals surface area contributed by atoms with Crippen LogP contribution in [0.5, 0.6) is 0 Å². The average molecular weight is 276 g/mol. The van der Waals surface area contributed by atoms with Crippen LogP contribution in [0.15, 0.2) is 0 Å². The molecule has 1 saturated carbocycles.